The van der Waals surface area contributed by atoms with Crippen LogP contribution in [0.25, 0.3) is 0 Å². The summed E-state index contributed by atoms with van der Waals surface area (Å²) in [6.07, 6.45) is -0.0176. The molecule has 5 nitrogen and oxygen atoms in total. The summed E-state index contributed by atoms with van der Waals surface area (Å²) in [4.78, 5) is 24.0. The highest BCUT2D eigenvalue weighted by Crippen LogP contribution is 2.32. The first-order valence-electron chi connectivity index (χ1n) is 8.09. The molecule has 2 rings (SSSR count). The molecular weight excluding hydrogens is 375 g/mol. The van der Waals surface area contributed by atoms with E-state index < -0.39 is 11.8 Å². The summed E-state index contributed by atoms with van der Waals surface area (Å²) in [5, 5.41) is 12.5. The van der Waals surface area contributed by atoms with Crippen molar-refractivity contribution in [1.82, 2.24) is 10.8 Å². The number of benzene rings is 2. The predicted molar refractivity (Wildman–Crippen MR) is 101 cm³/mol. The van der Waals surface area contributed by atoms with Gasteiger partial charge in [0.2, 0.25) is 11.8 Å². The van der Waals surface area contributed by atoms with E-state index in [0.717, 1.165) is 11.1 Å². The molecule has 7 heteroatoms. The molecule has 0 aliphatic carbocycles. The molecule has 0 radical (unpaired) electrons. The van der Waals surface area contributed by atoms with Crippen LogP contribution in [-0.2, 0) is 16.1 Å². The lowest BCUT2D eigenvalue weighted by molar-refractivity contribution is -0.129. The number of carbonyl (C=O) groups is 2. The topological polar surface area (TPSA) is 78.4 Å². The van der Waals surface area contributed by atoms with Gasteiger partial charge in [0, 0.05) is 35.3 Å². The Labute approximate surface area is 162 Å². The lowest BCUT2D eigenvalue weighted by atomic mass is 9.91. The van der Waals surface area contributed by atoms with Crippen molar-refractivity contribution in [3.05, 3.63) is 69.2 Å². The first-order chi connectivity index (χ1) is 12.4. The molecule has 0 spiro atoms. The van der Waals surface area contributed by atoms with E-state index in [1.165, 1.54) is 0 Å². The molecular formula is C19H20Cl2N2O3. The van der Waals surface area contributed by atoms with E-state index in [0.29, 0.717) is 22.2 Å². The van der Waals surface area contributed by atoms with Crippen LogP contribution < -0.4 is 10.8 Å². The van der Waals surface area contributed by atoms with Gasteiger partial charge in [-0.3, -0.25) is 14.8 Å². The third-order valence-corrected chi connectivity index (χ3v) is 4.69. The van der Waals surface area contributed by atoms with E-state index >= 15 is 0 Å². The molecule has 1 atom stereocenters. The third-order valence-electron chi connectivity index (χ3n) is 4.13. The number of hydrogen-bond acceptors (Lipinski definition) is 3. The van der Waals surface area contributed by atoms with Gasteiger partial charge < -0.3 is 5.32 Å². The molecule has 0 saturated carbocycles. The lowest BCUT2D eigenvalue weighted by Crippen LogP contribution is -2.27. The minimum Gasteiger partial charge on any atom is -0.352 e. The van der Waals surface area contributed by atoms with Gasteiger partial charge in [0.15, 0.2) is 0 Å². The second-order valence-corrected chi connectivity index (χ2v) is 6.85. The van der Waals surface area contributed by atoms with Crippen LogP contribution in [0.4, 0.5) is 0 Å². The fraction of sp³-hybridized carbons (Fsp3) is 0.263. The Hall–Kier alpha value is -2.08. The summed E-state index contributed by atoms with van der Waals surface area (Å²) in [7, 11) is 0. The van der Waals surface area contributed by atoms with Gasteiger partial charge in [-0.1, -0.05) is 53.5 Å². The van der Waals surface area contributed by atoms with Crippen LogP contribution >= 0.6 is 23.2 Å². The van der Waals surface area contributed by atoms with Crippen LogP contribution in [0.1, 0.15) is 35.4 Å². The van der Waals surface area contributed by atoms with E-state index in [1.54, 1.807) is 23.7 Å². The monoisotopic (exact) mass is 394 g/mol. The maximum Gasteiger partial charge on any atom is 0.243 e. The number of carbonyl (C=O) groups excluding carboxylic acids is 2. The number of halogens is 2. The second-order valence-electron chi connectivity index (χ2n) is 6.01. The van der Waals surface area contributed by atoms with Gasteiger partial charge in [-0.25, -0.2) is 5.48 Å². The smallest absolute Gasteiger partial charge is 0.243 e. The SMILES string of the molecule is Cc1ccccc1CNC(=O)CC(CC(=O)NO)c1ccc(Cl)cc1Cl. The highest BCUT2D eigenvalue weighted by atomic mass is 35.5. The van der Waals surface area contributed by atoms with E-state index in [-0.39, 0.29) is 18.7 Å². The van der Waals surface area contributed by atoms with Crippen LogP contribution in [0.2, 0.25) is 10.0 Å². The average Bonchev–Trinajstić information content (AvgIpc) is 2.60. The van der Waals surface area contributed by atoms with Gasteiger partial charge >= 0.3 is 0 Å². The Balaban J connectivity index is 2.09. The van der Waals surface area contributed by atoms with Crippen molar-refractivity contribution >= 4 is 35.0 Å². The maximum atomic E-state index is 12.4. The summed E-state index contributed by atoms with van der Waals surface area (Å²) < 4.78 is 0. The summed E-state index contributed by atoms with van der Waals surface area (Å²) >= 11 is 12.1. The average molecular weight is 395 g/mol. The molecule has 0 bridgehead atoms. The summed E-state index contributed by atoms with van der Waals surface area (Å²) in [6, 6.07) is 12.7. The maximum absolute atomic E-state index is 12.4. The zero-order valence-electron chi connectivity index (χ0n) is 14.3. The zero-order chi connectivity index (χ0) is 19.1. The number of rotatable bonds is 7. The largest absolute Gasteiger partial charge is 0.352 e. The van der Waals surface area contributed by atoms with Crippen molar-refractivity contribution in [3.63, 3.8) is 0 Å². The molecule has 3 N–H and O–H groups in total. The molecule has 1 unspecified atom stereocenters. The van der Waals surface area contributed by atoms with Crippen molar-refractivity contribution in [2.75, 3.05) is 0 Å². The molecule has 138 valence electrons. The molecule has 0 aliphatic rings. The van der Waals surface area contributed by atoms with Crippen molar-refractivity contribution in [2.45, 2.75) is 32.2 Å². The van der Waals surface area contributed by atoms with Gasteiger partial charge in [0.05, 0.1) is 0 Å². The summed E-state index contributed by atoms with van der Waals surface area (Å²) in [5.74, 6) is -1.29. The molecule has 0 aromatic heterocycles. The number of hydroxylamine groups is 1. The Morgan fingerprint density at radius 2 is 1.77 bits per heavy atom. The molecule has 0 heterocycles. The van der Waals surface area contributed by atoms with Crippen molar-refractivity contribution in [2.24, 2.45) is 0 Å². The van der Waals surface area contributed by atoms with Gasteiger partial charge in [-0.05, 0) is 35.7 Å². The van der Waals surface area contributed by atoms with Crippen LogP contribution in [0, 0.1) is 6.92 Å². The van der Waals surface area contributed by atoms with Crippen LogP contribution in [0.15, 0.2) is 42.5 Å². The second kappa shape index (κ2) is 9.57. The predicted octanol–water partition coefficient (Wildman–Crippen LogP) is 3.99. The standard InChI is InChI=1S/C19H20Cl2N2O3/c1-12-4-2-3-5-13(12)11-22-18(24)8-14(9-19(25)23-26)16-7-6-15(20)10-17(16)21/h2-7,10,14,26H,8-9,11H2,1H3,(H,22,24)(H,23,25). The van der Waals surface area contributed by atoms with Gasteiger partial charge in [0.1, 0.15) is 0 Å². The fourth-order valence-electron chi connectivity index (χ4n) is 2.69. The Bertz CT molecular complexity index is 796. The van der Waals surface area contributed by atoms with Crippen molar-refractivity contribution in [3.8, 4) is 0 Å². The quantitative estimate of drug-likeness (QED) is 0.490. The van der Waals surface area contributed by atoms with Crippen molar-refractivity contribution < 1.29 is 14.8 Å². The molecule has 2 amide bonds. The van der Waals surface area contributed by atoms with E-state index in [4.69, 9.17) is 28.4 Å². The summed E-state index contributed by atoms with van der Waals surface area (Å²) in [5.41, 5.74) is 4.34. The van der Waals surface area contributed by atoms with Crippen LogP contribution in [0.5, 0.6) is 0 Å². The van der Waals surface area contributed by atoms with E-state index in [1.807, 2.05) is 31.2 Å². The van der Waals surface area contributed by atoms with E-state index in [9.17, 15) is 9.59 Å². The minimum absolute atomic E-state index is 0.0562. The normalized spacial score (nSPS) is 11.7. The highest BCUT2D eigenvalue weighted by Gasteiger charge is 2.22. The van der Waals surface area contributed by atoms with Crippen molar-refractivity contribution in [1.29, 1.82) is 0 Å². The zero-order valence-corrected chi connectivity index (χ0v) is 15.8. The first kappa shape index (κ1) is 20.2. The van der Waals surface area contributed by atoms with Gasteiger partial charge in [-0.2, -0.15) is 0 Å². The number of amides is 2. The van der Waals surface area contributed by atoms with Crippen LogP contribution in [-0.4, -0.2) is 17.0 Å². The molecule has 0 fully saturated rings. The van der Waals surface area contributed by atoms with Gasteiger partial charge in [-0.15, -0.1) is 0 Å². The summed E-state index contributed by atoms with van der Waals surface area (Å²) in [6.45, 7) is 2.38. The molecule has 2 aromatic carbocycles. The number of aryl methyl sites for hydroxylation is 1. The van der Waals surface area contributed by atoms with Gasteiger partial charge in [0.25, 0.3) is 0 Å². The molecule has 0 saturated heterocycles. The fourth-order valence-corrected chi connectivity index (χ4v) is 3.26. The highest BCUT2D eigenvalue weighted by molar-refractivity contribution is 6.35. The number of hydrogen-bond donors (Lipinski definition) is 3. The molecule has 26 heavy (non-hydrogen) atoms. The Morgan fingerprint density at radius 3 is 2.42 bits per heavy atom. The molecule has 2 aromatic rings. The lowest BCUT2D eigenvalue weighted by Gasteiger charge is -2.18. The molecule has 0 aliphatic heterocycles. The van der Waals surface area contributed by atoms with Crippen LogP contribution in [0.3, 0.4) is 0 Å². The minimum atomic E-state index is -0.590. The van der Waals surface area contributed by atoms with E-state index in [2.05, 4.69) is 5.32 Å². The Morgan fingerprint density at radius 1 is 1.08 bits per heavy atom. The Kier molecular flexibility index (Phi) is 7.45. The first-order valence-corrected chi connectivity index (χ1v) is 8.85. The number of nitrogens with one attached hydrogen (secondary N) is 2. The third kappa shape index (κ3) is 5.73.